The molecule has 0 aliphatic carbocycles. The van der Waals surface area contributed by atoms with Gasteiger partial charge in [-0.2, -0.15) is 0 Å². The maximum absolute atomic E-state index is 13.9. The van der Waals surface area contributed by atoms with Gasteiger partial charge in [0, 0.05) is 25.2 Å². The predicted molar refractivity (Wildman–Crippen MR) is 150 cm³/mol. The first-order valence-corrected chi connectivity index (χ1v) is 14.5. The molecule has 11 nitrogen and oxygen atoms in total. The van der Waals surface area contributed by atoms with Crippen molar-refractivity contribution in [2.75, 3.05) is 27.4 Å². The Bertz CT molecular complexity index is 1560. The molecule has 212 valence electrons. The highest BCUT2D eigenvalue weighted by Crippen LogP contribution is 2.33. The minimum Gasteiger partial charge on any atom is -0.495 e. The normalized spacial score (nSPS) is 13.2. The zero-order valence-electron chi connectivity index (χ0n) is 23.5. The van der Waals surface area contributed by atoms with Crippen molar-refractivity contribution in [2.24, 2.45) is 0 Å². The van der Waals surface area contributed by atoms with Gasteiger partial charge in [-0.3, -0.25) is 4.57 Å². The van der Waals surface area contributed by atoms with E-state index in [9.17, 15) is 8.42 Å². The molecule has 1 aromatic carbocycles. The Morgan fingerprint density at radius 1 is 0.950 bits per heavy atom. The van der Waals surface area contributed by atoms with Gasteiger partial charge in [0.15, 0.2) is 27.3 Å². The molecule has 0 fully saturated rings. The lowest BCUT2D eigenvalue weighted by Gasteiger charge is -2.23. The minimum atomic E-state index is -3.88. The largest absolute Gasteiger partial charge is 0.495 e. The molecule has 0 radical (unpaired) electrons. The van der Waals surface area contributed by atoms with Crippen molar-refractivity contribution in [3.63, 3.8) is 0 Å². The third-order valence-electron chi connectivity index (χ3n) is 6.46. The van der Waals surface area contributed by atoms with Crippen LogP contribution in [0.25, 0.3) is 17.2 Å². The van der Waals surface area contributed by atoms with Crippen LogP contribution < -0.4 is 4.74 Å². The van der Waals surface area contributed by atoms with Gasteiger partial charge in [-0.05, 0) is 57.0 Å². The second-order valence-corrected chi connectivity index (χ2v) is 11.8. The van der Waals surface area contributed by atoms with E-state index >= 15 is 0 Å². The van der Waals surface area contributed by atoms with Crippen molar-refractivity contribution >= 4 is 9.84 Å². The van der Waals surface area contributed by atoms with Crippen LogP contribution >= 0.6 is 0 Å². The van der Waals surface area contributed by atoms with Crippen LogP contribution in [-0.2, 0) is 25.1 Å². The van der Waals surface area contributed by atoms with Crippen LogP contribution in [0.3, 0.4) is 0 Å². The molecule has 0 saturated heterocycles. The highest BCUT2D eigenvalue weighted by molar-refractivity contribution is 7.91. The molecule has 3 heterocycles. The van der Waals surface area contributed by atoms with Gasteiger partial charge in [0.2, 0.25) is 0 Å². The van der Waals surface area contributed by atoms with E-state index in [1.165, 1.54) is 0 Å². The molecule has 0 saturated carbocycles. The van der Waals surface area contributed by atoms with Crippen LogP contribution in [0.1, 0.15) is 41.5 Å². The zero-order valence-corrected chi connectivity index (χ0v) is 24.3. The summed E-state index contributed by atoms with van der Waals surface area (Å²) in [6.45, 7) is 7.72. The number of hydrogen-bond acceptors (Lipinski definition) is 10. The van der Waals surface area contributed by atoms with E-state index in [1.54, 1.807) is 38.1 Å². The molecular formula is C28H34N6O5S. The smallest absolute Gasteiger partial charge is 0.187 e. The molecule has 40 heavy (non-hydrogen) atoms. The third kappa shape index (κ3) is 6.35. The average Bonchev–Trinajstić information content (AvgIpc) is 3.33. The molecule has 0 bridgehead atoms. The first-order valence-electron chi connectivity index (χ1n) is 12.8. The van der Waals surface area contributed by atoms with Crippen LogP contribution in [-0.4, -0.2) is 70.8 Å². The molecule has 0 aliphatic heterocycles. The highest BCUT2D eigenvalue weighted by atomic mass is 32.2. The fourth-order valence-electron chi connectivity index (χ4n) is 4.29. The van der Waals surface area contributed by atoms with Crippen molar-refractivity contribution in [1.82, 2.24) is 29.7 Å². The van der Waals surface area contributed by atoms with E-state index < -0.39 is 26.9 Å². The third-order valence-corrected chi connectivity index (χ3v) is 8.50. The molecule has 3 aromatic heterocycles. The summed E-state index contributed by atoms with van der Waals surface area (Å²) in [5.41, 5.74) is 3.70. The van der Waals surface area contributed by atoms with Gasteiger partial charge in [-0.25, -0.2) is 23.4 Å². The topological polar surface area (TPSA) is 131 Å². The van der Waals surface area contributed by atoms with Crippen molar-refractivity contribution in [3.8, 4) is 23.0 Å². The number of benzene rings is 1. The number of aromatic nitrogens is 6. The van der Waals surface area contributed by atoms with Gasteiger partial charge >= 0.3 is 0 Å². The van der Waals surface area contributed by atoms with E-state index in [0.29, 0.717) is 29.6 Å². The van der Waals surface area contributed by atoms with Crippen LogP contribution in [0.4, 0.5) is 0 Å². The number of hydrogen-bond donors (Lipinski definition) is 0. The zero-order chi connectivity index (χ0) is 28.9. The number of methoxy groups -OCH3 is 2. The summed E-state index contributed by atoms with van der Waals surface area (Å²) in [6.07, 6.45) is 2.36. The summed E-state index contributed by atoms with van der Waals surface area (Å²) in [6, 6.07) is 11.2. The van der Waals surface area contributed by atoms with Gasteiger partial charge in [0.05, 0.1) is 31.3 Å². The molecule has 0 N–H and O–H groups in total. The van der Waals surface area contributed by atoms with E-state index in [1.807, 2.05) is 57.2 Å². The SMILES string of the molecule is COCCO[C@H](c1ncc(C)cn1)[C@H](C)S(=O)(=O)Cc1nnc(-c2cccc(C)n2)n1-c1c(C)cccc1OC. The summed E-state index contributed by atoms with van der Waals surface area (Å²) in [4.78, 5) is 13.3. The number of para-hydroxylation sites is 1. The van der Waals surface area contributed by atoms with Crippen molar-refractivity contribution < 1.29 is 22.6 Å². The van der Waals surface area contributed by atoms with Gasteiger partial charge in [-0.1, -0.05) is 18.2 Å². The number of nitrogens with zero attached hydrogens (tertiary/aromatic N) is 6. The molecule has 0 aliphatic rings. The monoisotopic (exact) mass is 566 g/mol. The fraction of sp³-hybridized carbons (Fsp3) is 0.393. The Kier molecular flexibility index (Phi) is 9.23. The van der Waals surface area contributed by atoms with Crippen molar-refractivity contribution in [1.29, 1.82) is 0 Å². The molecular weight excluding hydrogens is 532 g/mol. The standard InChI is InChI=1S/C28H34N6O5S/c1-18-15-29-27(30-16-18)26(39-14-13-37-5)21(4)40(35,36)17-24-32-33-28(22-11-8-10-20(3)31-22)34(24)25-19(2)9-7-12-23(25)38-6/h7-12,15-16,21,26H,13-14,17H2,1-6H3/t21-,26-/m0/s1. The molecule has 2 atom stereocenters. The van der Waals surface area contributed by atoms with E-state index in [0.717, 1.165) is 16.8 Å². The molecule has 0 spiro atoms. The summed E-state index contributed by atoms with van der Waals surface area (Å²) in [7, 11) is -0.764. The van der Waals surface area contributed by atoms with Crippen LogP contribution in [0.2, 0.25) is 0 Å². The average molecular weight is 567 g/mol. The van der Waals surface area contributed by atoms with Gasteiger partial charge < -0.3 is 14.2 Å². The lowest BCUT2D eigenvalue weighted by atomic mass is 10.1. The van der Waals surface area contributed by atoms with Crippen LogP contribution in [0.5, 0.6) is 5.75 Å². The van der Waals surface area contributed by atoms with E-state index in [-0.39, 0.29) is 18.3 Å². The van der Waals surface area contributed by atoms with Crippen molar-refractivity contribution in [3.05, 3.63) is 77.3 Å². The van der Waals surface area contributed by atoms with E-state index in [2.05, 4.69) is 25.1 Å². The summed E-state index contributed by atoms with van der Waals surface area (Å²) in [5, 5.41) is 7.74. The number of pyridine rings is 1. The fourth-order valence-corrected chi connectivity index (χ4v) is 5.68. The van der Waals surface area contributed by atoms with E-state index in [4.69, 9.17) is 14.2 Å². The number of ether oxygens (including phenoxy) is 3. The summed E-state index contributed by atoms with van der Waals surface area (Å²) in [5.74, 6) is 1.04. The Balaban J connectivity index is 1.80. The van der Waals surface area contributed by atoms with Gasteiger partial charge in [0.1, 0.15) is 23.3 Å². The van der Waals surface area contributed by atoms with Crippen LogP contribution in [0.15, 0.2) is 48.8 Å². The van der Waals surface area contributed by atoms with Crippen molar-refractivity contribution in [2.45, 2.75) is 44.8 Å². The molecule has 4 aromatic rings. The lowest BCUT2D eigenvalue weighted by molar-refractivity contribution is 0.0118. The maximum atomic E-state index is 13.9. The van der Waals surface area contributed by atoms with Gasteiger partial charge in [0.25, 0.3) is 0 Å². The number of sulfone groups is 1. The second-order valence-electron chi connectivity index (χ2n) is 9.48. The first-order chi connectivity index (χ1) is 19.2. The molecule has 4 rings (SSSR count). The predicted octanol–water partition coefficient (Wildman–Crippen LogP) is 3.76. The van der Waals surface area contributed by atoms with Crippen LogP contribution in [0, 0.1) is 20.8 Å². The molecule has 0 unspecified atom stereocenters. The lowest BCUT2D eigenvalue weighted by Crippen LogP contribution is -2.31. The Hall–Kier alpha value is -3.74. The Morgan fingerprint density at radius 3 is 2.35 bits per heavy atom. The Morgan fingerprint density at radius 2 is 1.68 bits per heavy atom. The number of rotatable bonds is 12. The maximum Gasteiger partial charge on any atom is 0.187 e. The Labute approximate surface area is 234 Å². The highest BCUT2D eigenvalue weighted by Gasteiger charge is 2.35. The summed E-state index contributed by atoms with van der Waals surface area (Å²) >= 11 is 0. The molecule has 0 amide bonds. The van der Waals surface area contributed by atoms with Gasteiger partial charge in [-0.15, -0.1) is 10.2 Å². The number of aryl methyl sites for hydroxylation is 3. The summed E-state index contributed by atoms with van der Waals surface area (Å²) < 4.78 is 46.3. The molecule has 12 heteroatoms. The second kappa shape index (κ2) is 12.6. The first kappa shape index (κ1) is 29.2. The quantitative estimate of drug-likeness (QED) is 0.234. The minimum absolute atomic E-state index is 0.179.